The van der Waals surface area contributed by atoms with E-state index in [1.807, 2.05) is 12.1 Å². The Kier molecular flexibility index (Phi) is 5.86. The van der Waals surface area contributed by atoms with Gasteiger partial charge >= 0.3 is 0 Å². The Morgan fingerprint density at radius 2 is 2.25 bits per heavy atom. The molecule has 0 aliphatic carbocycles. The van der Waals surface area contributed by atoms with Gasteiger partial charge in [0.2, 0.25) is 0 Å². The van der Waals surface area contributed by atoms with Crippen LogP contribution in [0, 0.1) is 5.92 Å². The van der Waals surface area contributed by atoms with Gasteiger partial charge in [-0.3, -0.25) is 4.98 Å². The Hall–Kier alpha value is -1.09. The Morgan fingerprint density at radius 1 is 1.44 bits per heavy atom. The highest BCUT2D eigenvalue weighted by atomic mass is 16.5. The first-order valence-corrected chi connectivity index (χ1v) is 6.04. The van der Waals surface area contributed by atoms with Gasteiger partial charge in [0.25, 0.3) is 0 Å². The van der Waals surface area contributed by atoms with Gasteiger partial charge in [-0.05, 0) is 31.0 Å². The summed E-state index contributed by atoms with van der Waals surface area (Å²) in [6, 6.07) is 3.95. The zero-order chi connectivity index (χ0) is 11.8. The maximum atomic E-state index is 5.66. The van der Waals surface area contributed by atoms with Crippen LogP contribution < -0.4 is 10.5 Å². The van der Waals surface area contributed by atoms with E-state index in [0.29, 0.717) is 12.5 Å². The lowest BCUT2D eigenvalue weighted by Crippen LogP contribution is -2.09. The van der Waals surface area contributed by atoms with E-state index in [-0.39, 0.29) is 0 Å². The van der Waals surface area contributed by atoms with Crippen molar-refractivity contribution < 1.29 is 4.74 Å². The smallest absolute Gasteiger partial charge is 0.137 e. The first kappa shape index (κ1) is 13.0. The van der Waals surface area contributed by atoms with E-state index >= 15 is 0 Å². The molecule has 16 heavy (non-hydrogen) atoms. The second-order valence-electron chi connectivity index (χ2n) is 4.23. The third-order valence-electron chi connectivity index (χ3n) is 2.51. The minimum absolute atomic E-state index is 0.605. The van der Waals surface area contributed by atoms with Crippen LogP contribution in [0.1, 0.15) is 32.4 Å². The molecule has 1 aromatic rings. The van der Waals surface area contributed by atoms with Gasteiger partial charge in [-0.25, -0.2) is 0 Å². The van der Waals surface area contributed by atoms with Crippen molar-refractivity contribution >= 4 is 0 Å². The van der Waals surface area contributed by atoms with Crippen LogP contribution in [0.5, 0.6) is 5.75 Å². The molecule has 1 heterocycles. The van der Waals surface area contributed by atoms with Gasteiger partial charge in [0, 0.05) is 12.1 Å². The summed E-state index contributed by atoms with van der Waals surface area (Å²) >= 11 is 0. The molecule has 3 nitrogen and oxygen atoms in total. The standard InChI is InChI=1S/C13H22N2O/c1-3-4-11(2)10-16-13-6-5-12(7-8-14)15-9-13/h5-6,9,11H,3-4,7-8,10,14H2,1-2H3. The second-order valence-corrected chi connectivity index (χ2v) is 4.23. The van der Waals surface area contributed by atoms with Crippen molar-refractivity contribution in [3.05, 3.63) is 24.0 Å². The van der Waals surface area contributed by atoms with Gasteiger partial charge < -0.3 is 10.5 Å². The molecule has 0 fully saturated rings. The van der Waals surface area contributed by atoms with Gasteiger partial charge in [-0.2, -0.15) is 0 Å². The van der Waals surface area contributed by atoms with Crippen LogP contribution in [0.2, 0.25) is 0 Å². The summed E-state index contributed by atoms with van der Waals surface area (Å²) in [6.07, 6.45) is 5.02. The fourth-order valence-electron chi connectivity index (χ4n) is 1.61. The molecule has 3 heteroatoms. The summed E-state index contributed by atoms with van der Waals surface area (Å²) in [7, 11) is 0. The van der Waals surface area contributed by atoms with E-state index in [1.165, 1.54) is 12.8 Å². The summed E-state index contributed by atoms with van der Waals surface area (Å²) in [4.78, 5) is 4.29. The van der Waals surface area contributed by atoms with Crippen molar-refractivity contribution in [2.24, 2.45) is 11.7 Å². The highest BCUT2D eigenvalue weighted by Crippen LogP contribution is 2.12. The summed E-state index contributed by atoms with van der Waals surface area (Å²) in [5.74, 6) is 1.46. The molecule has 0 bridgehead atoms. The molecule has 1 unspecified atom stereocenters. The van der Waals surface area contributed by atoms with Gasteiger partial charge in [0.05, 0.1) is 12.8 Å². The maximum absolute atomic E-state index is 5.66. The van der Waals surface area contributed by atoms with E-state index in [9.17, 15) is 0 Å². The van der Waals surface area contributed by atoms with Crippen LogP contribution in [-0.2, 0) is 6.42 Å². The van der Waals surface area contributed by atoms with Crippen LogP contribution in [0.3, 0.4) is 0 Å². The van der Waals surface area contributed by atoms with Crippen LogP contribution in [-0.4, -0.2) is 18.1 Å². The molecule has 0 spiro atoms. The average molecular weight is 222 g/mol. The first-order chi connectivity index (χ1) is 7.76. The molecule has 90 valence electrons. The van der Waals surface area contributed by atoms with E-state index < -0.39 is 0 Å². The highest BCUT2D eigenvalue weighted by Gasteiger charge is 2.02. The molecule has 0 radical (unpaired) electrons. The van der Waals surface area contributed by atoms with Crippen molar-refractivity contribution in [2.75, 3.05) is 13.2 Å². The van der Waals surface area contributed by atoms with Crippen LogP contribution in [0.15, 0.2) is 18.3 Å². The van der Waals surface area contributed by atoms with Crippen LogP contribution in [0.25, 0.3) is 0 Å². The largest absolute Gasteiger partial charge is 0.492 e. The number of nitrogens with two attached hydrogens (primary N) is 1. The summed E-state index contributed by atoms with van der Waals surface area (Å²) in [5, 5.41) is 0. The molecule has 0 amide bonds. The molecule has 0 aromatic carbocycles. The lowest BCUT2D eigenvalue weighted by molar-refractivity contribution is 0.250. The van der Waals surface area contributed by atoms with Crippen molar-refractivity contribution in [3.63, 3.8) is 0 Å². The quantitative estimate of drug-likeness (QED) is 0.770. The molecule has 1 rings (SSSR count). The van der Waals surface area contributed by atoms with Crippen molar-refractivity contribution in [2.45, 2.75) is 33.1 Å². The number of hydrogen-bond donors (Lipinski definition) is 1. The Bertz CT molecular complexity index is 284. The zero-order valence-electron chi connectivity index (χ0n) is 10.3. The Labute approximate surface area is 98.0 Å². The third-order valence-corrected chi connectivity index (χ3v) is 2.51. The molecular formula is C13H22N2O. The van der Waals surface area contributed by atoms with E-state index in [1.54, 1.807) is 6.20 Å². The molecule has 0 aliphatic heterocycles. The zero-order valence-corrected chi connectivity index (χ0v) is 10.3. The predicted octanol–water partition coefficient (Wildman–Crippen LogP) is 2.40. The molecule has 0 saturated carbocycles. The average Bonchev–Trinajstić information content (AvgIpc) is 2.29. The summed E-state index contributed by atoms with van der Waals surface area (Å²) < 4.78 is 5.66. The molecular weight excluding hydrogens is 200 g/mol. The van der Waals surface area contributed by atoms with Gasteiger partial charge in [0.15, 0.2) is 0 Å². The molecule has 1 aromatic heterocycles. The van der Waals surface area contributed by atoms with E-state index in [2.05, 4.69) is 18.8 Å². The summed E-state index contributed by atoms with van der Waals surface area (Å²) in [6.45, 7) is 5.81. The summed E-state index contributed by atoms with van der Waals surface area (Å²) in [5.41, 5.74) is 6.48. The van der Waals surface area contributed by atoms with Gasteiger partial charge in [0.1, 0.15) is 5.75 Å². The molecule has 1 atom stereocenters. The predicted molar refractivity (Wildman–Crippen MR) is 66.6 cm³/mol. The monoisotopic (exact) mass is 222 g/mol. The normalized spacial score (nSPS) is 12.4. The Morgan fingerprint density at radius 3 is 2.81 bits per heavy atom. The van der Waals surface area contributed by atoms with Crippen molar-refractivity contribution in [1.29, 1.82) is 0 Å². The van der Waals surface area contributed by atoms with E-state index in [0.717, 1.165) is 24.5 Å². The molecule has 0 aliphatic rings. The van der Waals surface area contributed by atoms with Crippen LogP contribution in [0.4, 0.5) is 0 Å². The van der Waals surface area contributed by atoms with Crippen molar-refractivity contribution in [1.82, 2.24) is 4.98 Å². The van der Waals surface area contributed by atoms with Crippen molar-refractivity contribution in [3.8, 4) is 5.75 Å². The number of aromatic nitrogens is 1. The fourth-order valence-corrected chi connectivity index (χ4v) is 1.61. The van der Waals surface area contributed by atoms with E-state index in [4.69, 9.17) is 10.5 Å². The lowest BCUT2D eigenvalue weighted by Gasteiger charge is -2.11. The number of hydrogen-bond acceptors (Lipinski definition) is 3. The fraction of sp³-hybridized carbons (Fsp3) is 0.615. The number of nitrogens with zero attached hydrogens (tertiary/aromatic N) is 1. The number of ether oxygens (including phenoxy) is 1. The number of rotatable bonds is 7. The van der Waals surface area contributed by atoms with Gasteiger partial charge in [-0.1, -0.05) is 20.3 Å². The minimum atomic E-state index is 0.605. The second kappa shape index (κ2) is 7.23. The first-order valence-electron chi connectivity index (χ1n) is 6.04. The Balaban J connectivity index is 2.37. The maximum Gasteiger partial charge on any atom is 0.137 e. The molecule has 0 saturated heterocycles. The lowest BCUT2D eigenvalue weighted by atomic mass is 10.1. The topological polar surface area (TPSA) is 48.1 Å². The highest BCUT2D eigenvalue weighted by molar-refractivity contribution is 5.19. The minimum Gasteiger partial charge on any atom is -0.492 e. The molecule has 2 N–H and O–H groups in total. The third kappa shape index (κ3) is 4.62. The number of pyridine rings is 1. The SMILES string of the molecule is CCCC(C)COc1ccc(CCN)nc1. The van der Waals surface area contributed by atoms with Gasteiger partial charge in [-0.15, -0.1) is 0 Å². The van der Waals surface area contributed by atoms with Crippen LogP contribution >= 0.6 is 0 Å².